The van der Waals surface area contributed by atoms with Crippen LogP contribution < -0.4 is 0 Å². The van der Waals surface area contributed by atoms with Crippen molar-refractivity contribution in [3.05, 3.63) is 18.1 Å². The van der Waals surface area contributed by atoms with Crippen LogP contribution in [-0.4, -0.2) is 20.6 Å². The van der Waals surface area contributed by atoms with Crippen molar-refractivity contribution in [2.24, 2.45) is 0 Å². The molecule has 1 N–H and O–H groups in total. The van der Waals surface area contributed by atoms with Gasteiger partial charge in [0.1, 0.15) is 0 Å². The van der Waals surface area contributed by atoms with Crippen LogP contribution in [0.1, 0.15) is 5.82 Å². The maximum Gasteiger partial charge on any atom is 0.205 e. The first-order valence-corrected chi connectivity index (χ1v) is 2.03. The van der Waals surface area contributed by atoms with E-state index in [-0.39, 0.29) is 0 Å². The van der Waals surface area contributed by atoms with Crippen molar-refractivity contribution < 1.29 is 0 Å². The molecule has 0 aliphatic carbocycles. The van der Waals surface area contributed by atoms with Gasteiger partial charge in [-0.25, -0.2) is 0 Å². The summed E-state index contributed by atoms with van der Waals surface area (Å²) in [4.78, 5) is 0. The monoisotopic (exact) mass is 108 g/mol. The first-order chi connectivity index (χ1) is 3.93. The van der Waals surface area contributed by atoms with E-state index in [4.69, 9.17) is 0 Å². The van der Waals surface area contributed by atoms with Gasteiger partial charge in [0.05, 0.1) is 0 Å². The van der Waals surface area contributed by atoms with Crippen molar-refractivity contribution >= 4 is 6.08 Å². The highest BCUT2D eigenvalue weighted by atomic mass is 15.5. The Labute approximate surface area is 45.9 Å². The van der Waals surface area contributed by atoms with Gasteiger partial charge in [-0.1, -0.05) is 6.58 Å². The quantitative estimate of drug-likeness (QED) is 0.515. The highest BCUT2D eigenvalue weighted by Crippen LogP contribution is 1.81. The molecule has 0 bridgehead atoms. The van der Waals surface area contributed by atoms with E-state index < -0.39 is 0 Å². The lowest BCUT2D eigenvalue weighted by Gasteiger charge is -1.65. The zero-order chi connectivity index (χ0) is 5.82. The van der Waals surface area contributed by atoms with E-state index in [1.165, 1.54) is 6.08 Å². The van der Waals surface area contributed by atoms with Crippen LogP contribution in [-0.2, 0) is 0 Å². The van der Waals surface area contributed by atoms with Gasteiger partial charge < -0.3 is 0 Å². The second-order valence-electron chi connectivity index (χ2n) is 1.12. The van der Waals surface area contributed by atoms with Gasteiger partial charge in [-0.15, -0.1) is 15.9 Å². The molecule has 1 rings (SSSR count). The van der Waals surface area contributed by atoms with Crippen molar-refractivity contribution in [3.63, 3.8) is 0 Å². The zero-order valence-electron chi connectivity index (χ0n) is 4.13. The van der Waals surface area contributed by atoms with Crippen LogP contribution in [0.3, 0.4) is 0 Å². The number of hydrogen-bond donors (Lipinski definition) is 1. The summed E-state index contributed by atoms with van der Waals surface area (Å²) in [6.07, 6.45) is 1.53. The summed E-state index contributed by atoms with van der Waals surface area (Å²) in [6, 6.07) is 0. The predicted octanol–water partition coefficient (Wildman–Crippen LogP) is -0.00220. The van der Waals surface area contributed by atoms with Crippen LogP contribution in [0.5, 0.6) is 0 Å². The summed E-state index contributed by atoms with van der Waals surface area (Å²) in [6.45, 7) is 3.33. The number of rotatable bonds is 1. The van der Waals surface area contributed by atoms with Crippen molar-refractivity contribution in [1.29, 1.82) is 0 Å². The van der Waals surface area contributed by atoms with Gasteiger partial charge in [-0.2, -0.15) is 5.21 Å². The Morgan fingerprint density at radius 2 is 2.62 bits per heavy atom. The highest BCUT2D eigenvalue weighted by molar-refractivity contribution is 5.35. The molecule has 0 amide bonds. The average molecular weight is 108 g/mol. The number of aromatic amines is 1. The SMILES string of the molecule is C=C=Cc1nn[nH]n1. The molecule has 0 unspecified atom stereocenters. The fourth-order valence-corrected chi connectivity index (χ4v) is 0.322. The van der Waals surface area contributed by atoms with E-state index in [0.717, 1.165) is 0 Å². The number of hydrogen-bond acceptors (Lipinski definition) is 3. The second kappa shape index (κ2) is 2.04. The van der Waals surface area contributed by atoms with E-state index in [9.17, 15) is 0 Å². The number of nitrogens with one attached hydrogen (secondary N) is 1. The molecule has 0 fully saturated rings. The summed E-state index contributed by atoms with van der Waals surface area (Å²) >= 11 is 0. The lowest BCUT2D eigenvalue weighted by Crippen LogP contribution is -1.70. The molecule has 1 heterocycles. The molecule has 8 heavy (non-hydrogen) atoms. The van der Waals surface area contributed by atoms with E-state index in [1.54, 1.807) is 0 Å². The largest absolute Gasteiger partial charge is 0.205 e. The van der Waals surface area contributed by atoms with Crippen LogP contribution in [0.15, 0.2) is 12.3 Å². The maximum atomic E-state index is 3.60. The summed E-state index contributed by atoms with van der Waals surface area (Å²) < 4.78 is 0. The molecule has 0 radical (unpaired) electrons. The van der Waals surface area contributed by atoms with Gasteiger partial charge in [0.2, 0.25) is 5.82 Å². The molecule has 40 valence electrons. The van der Waals surface area contributed by atoms with Crippen molar-refractivity contribution in [1.82, 2.24) is 20.6 Å². The van der Waals surface area contributed by atoms with Crippen LogP contribution >= 0.6 is 0 Å². The molecule has 0 aromatic carbocycles. The van der Waals surface area contributed by atoms with Gasteiger partial charge >= 0.3 is 0 Å². The van der Waals surface area contributed by atoms with Crippen LogP contribution in [0.2, 0.25) is 0 Å². The maximum absolute atomic E-state index is 3.60. The smallest absolute Gasteiger partial charge is 0.177 e. The lowest BCUT2D eigenvalue weighted by molar-refractivity contribution is 0.881. The first-order valence-electron chi connectivity index (χ1n) is 2.03. The molecular weight excluding hydrogens is 104 g/mol. The molecule has 0 saturated carbocycles. The van der Waals surface area contributed by atoms with E-state index in [2.05, 4.69) is 32.9 Å². The second-order valence-corrected chi connectivity index (χ2v) is 1.12. The molecule has 4 nitrogen and oxygen atoms in total. The Balaban J connectivity index is 2.93. The lowest BCUT2D eigenvalue weighted by atomic mass is 10.6. The third kappa shape index (κ3) is 0.802. The summed E-state index contributed by atoms with van der Waals surface area (Å²) in [5.41, 5.74) is 2.51. The fraction of sp³-hybridized carbons (Fsp3) is 0. The third-order valence-electron chi connectivity index (χ3n) is 0.593. The average Bonchev–Trinajstić information content (AvgIpc) is 2.19. The third-order valence-corrected chi connectivity index (χ3v) is 0.593. The molecule has 0 aliphatic rings. The summed E-state index contributed by atoms with van der Waals surface area (Å²) in [5.74, 6) is 0.500. The normalized spacial score (nSPS) is 8.00. The molecule has 0 saturated heterocycles. The molecule has 1 aromatic heterocycles. The van der Waals surface area contributed by atoms with E-state index in [0.29, 0.717) is 5.82 Å². The number of aromatic nitrogens is 4. The Morgan fingerprint density at radius 1 is 1.75 bits per heavy atom. The van der Waals surface area contributed by atoms with Crippen LogP contribution in [0.25, 0.3) is 6.08 Å². The fourth-order valence-electron chi connectivity index (χ4n) is 0.322. The minimum absolute atomic E-state index is 0.500. The Morgan fingerprint density at radius 3 is 3.12 bits per heavy atom. The Kier molecular flexibility index (Phi) is 1.21. The topological polar surface area (TPSA) is 54.5 Å². The molecule has 0 spiro atoms. The van der Waals surface area contributed by atoms with Crippen LogP contribution in [0, 0.1) is 0 Å². The van der Waals surface area contributed by atoms with E-state index >= 15 is 0 Å². The minimum Gasteiger partial charge on any atom is -0.177 e. The molecule has 1 aromatic rings. The van der Waals surface area contributed by atoms with Gasteiger partial charge in [-0.05, 0) is 5.21 Å². The molecule has 0 atom stereocenters. The van der Waals surface area contributed by atoms with Crippen molar-refractivity contribution in [3.8, 4) is 0 Å². The number of tetrazole rings is 1. The molecule has 4 heteroatoms. The number of H-pyrrole nitrogens is 1. The van der Waals surface area contributed by atoms with E-state index in [1.807, 2.05) is 0 Å². The zero-order valence-corrected chi connectivity index (χ0v) is 4.13. The van der Waals surface area contributed by atoms with Gasteiger partial charge in [0.15, 0.2) is 0 Å². The summed E-state index contributed by atoms with van der Waals surface area (Å²) in [5, 5.41) is 12.8. The molecular formula is C4H4N4. The highest BCUT2D eigenvalue weighted by Gasteiger charge is 1.84. The number of nitrogens with zero attached hydrogens (tertiary/aromatic N) is 3. The summed E-state index contributed by atoms with van der Waals surface area (Å²) in [7, 11) is 0. The molecule has 0 aliphatic heterocycles. The van der Waals surface area contributed by atoms with Gasteiger partial charge in [-0.3, -0.25) is 0 Å². The van der Waals surface area contributed by atoms with Gasteiger partial charge in [0.25, 0.3) is 0 Å². The Hall–Kier alpha value is -1.41. The minimum atomic E-state index is 0.500. The standard InChI is InChI=1S/C4H4N4/c1-2-3-4-5-7-8-6-4/h3H,1H2,(H,5,6,7,8). The predicted molar refractivity (Wildman–Crippen MR) is 27.8 cm³/mol. The van der Waals surface area contributed by atoms with Crippen molar-refractivity contribution in [2.45, 2.75) is 0 Å². The Bertz CT molecular complexity index is 194. The van der Waals surface area contributed by atoms with Crippen molar-refractivity contribution in [2.75, 3.05) is 0 Å². The van der Waals surface area contributed by atoms with Gasteiger partial charge in [0, 0.05) is 6.08 Å². The van der Waals surface area contributed by atoms with Crippen LogP contribution in [0.4, 0.5) is 0 Å². The first kappa shape index (κ1) is 4.74.